The van der Waals surface area contributed by atoms with Crippen LogP contribution in [0, 0.1) is 0 Å². The van der Waals surface area contributed by atoms with Gasteiger partial charge in [-0.25, -0.2) is 0 Å². The van der Waals surface area contributed by atoms with Crippen LogP contribution in [0.3, 0.4) is 0 Å². The van der Waals surface area contributed by atoms with Crippen LogP contribution >= 0.6 is 11.8 Å². The van der Waals surface area contributed by atoms with Crippen LogP contribution in [0.1, 0.15) is 18.9 Å². The van der Waals surface area contributed by atoms with E-state index >= 15 is 0 Å². The van der Waals surface area contributed by atoms with Gasteiger partial charge in [-0.05, 0) is 31.0 Å². The van der Waals surface area contributed by atoms with E-state index in [1.165, 1.54) is 10.5 Å². The highest BCUT2D eigenvalue weighted by atomic mass is 32.2. The Morgan fingerprint density at radius 2 is 1.95 bits per heavy atom. The number of nitrogens with one attached hydrogen (secondary N) is 1. The normalized spacial score (nSPS) is 10.8. The van der Waals surface area contributed by atoms with Crippen LogP contribution in [0.4, 0.5) is 0 Å². The molecule has 0 fully saturated rings. The summed E-state index contributed by atoms with van der Waals surface area (Å²) < 4.78 is 10.3. The third-order valence-corrected chi connectivity index (χ3v) is 3.74. The van der Waals surface area contributed by atoms with Gasteiger partial charge in [-0.15, -0.1) is 11.8 Å². The van der Waals surface area contributed by atoms with Gasteiger partial charge in [0.15, 0.2) is 0 Å². The summed E-state index contributed by atoms with van der Waals surface area (Å²) in [4.78, 5) is 1.33. The number of ether oxygens (including phenoxy) is 2. The lowest BCUT2D eigenvalue weighted by Gasteiger charge is -2.06. The van der Waals surface area contributed by atoms with E-state index in [0.717, 1.165) is 45.1 Å². The van der Waals surface area contributed by atoms with Crippen LogP contribution < -0.4 is 5.32 Å². The maximum absolute atomic E-state index is 5.32. The molecule has 1 aromatic rings. The molecule has 0 bridgehead atoms. The molecule has 0 saturated carbocycles. The minimum Gasteiger partial charge on any atom is -0.383 e. The predicted molar refractivity (Wildman–Crippen MR) is 81.9 cm³/mol. The molecule has 0 radical (unpaired) electrons. The summed E-state index contributed by atoms with van der Waals surface area (Å²) in [6.07, 6.45) is 1.11. The zero-order chi connectivity index (χ0) is 13.8. The van der Waals surface area contributed by atoms with Crippen LogP contribution in [0.15, 0.2) is 29.2 Å². The summed E-state index contributed by atoms with van der Waals surface area (Å²) in [5.41, 5.74) is 1.31. The largest absolute Gasteiger partial charge is 0.383 e. The van der Waals surface area contributed by atoms with Gasteiger partial charge in [-0.2, -0.15) is 0 Å². The molecule has 0 unspecified atom stereocenters. The fraction of sp³-hybridized carbons (Fsp3) is 0.600. The first-order chi connectivity index (χ1) is 9.36. The smallest absolute Gasteiger partial charge is 0.0587 e. The van der Waals surface area contributed by atoms with E-state index in [4.69, 9.17) is 9.47 Å². The number of thioether (sulfide) groups is 1. The zero-order valence-electron chi connectivity index (χ0n) is 12.0. The molecular weight excluding hydrogens is 258 g/mol. The van der Waals surface area contributed by atoms with E-state index in [1.807, 2.05) is 18.7 Å². The van der Waals surface area contributed by atoms with Gasteiger partial charge in [0.25, 0.3) is 0 Å². The maximum atomic E-state index is 5.32. The Kier molecular flexibility index (Phi) is 9.81. The van der Waals surface area contributed by atoms with Crippen molar-refractivity contribution in [2.45, 2.75) is 24.8 Å². The van der Waals surface area contributed by atoms with E-state index < -0.39 is 0 Å². The zero-order valence-corrected chi connectivity index (χ0v) is 12.8. The highest BCUT2D eigenvalue weighted by Gasteiger charge is 1.96. The van der Waals surface area contributed by atoms with Crippen LogP contribution in [0.25, 0.3) is 0 Å². The third-order valence-electron chi connectivity index (χ3n) is 2.64. The SMILES string of the molecule is CCOCCCSc1ccc(CNCCOC)cc1. The average Bonchev–Trinajstić information content (AvgIpc) is 2.45. The van der Waals surface area contributed by atoms with Gasteiger partial charge < -0.3 is 14.8 Å². The van der Waals surface area contributed by atoms with Gasteiger partial charge in [-0.3, -0.25) is 0 Å². The molecule has 1 rings (SSSR count). The van der Waals surface area contributed by atoms with E-state index in [9.17, 15) is 0 Å². The number of methoxy groups -OCH3 is 1. The standard InChI is InChI=1S/C15H25NO2S/c1-3-18-10-4-12-19-15-7-5-14(6-8-15)13-16-9-11-17-2/h5-8,16H,3-4,9-13H2,1-2H3. The molecule has 0 aliphatic rings. The van der Waals surface area contributed by atoms with Crippen molar-refractivity contribution in [3.8, 4) is 0 Å². The summed E-state index contributed by atoms with van der Waals surface area (Å²) in [6, 6.07) is 8.76. The van der Waals surface area contributed by atoms with Crippen LogP contribution in [0.5, 0.6) is 0 Å². The molecule has 19 heavy (non-hydrogen) atoms. The molecular formula is C15H25NO2S. The van der Waals surface area contributed by atoms with Crippen molar-refractivity contribution in [3.63, 3.8) is 0 Å². The summed E-state index contributed by atoms with van der Waals surface area (Å²) in [6.45, 7) is 6.27. The summed E-state index contributed by atoms with van der Waals surface area (Å²) in [7, 11) is 1.72. The van der Waals surface area contributed by atoms with Crippen molar-refractivity contribution >= 4 is 11.8 Å². The summed E-state index contributed by atoms with van der Waals surface area (Å²) in [5, 5.41) is 3.34. The molecule has 0 atom stereocenters. The topological polar surface area (TPSA) is 30.5 Å². The maximum Gasteiger partial charge on any atom is 0.0587 e. The first kappa shape index (κ1) is 16.5. The average molecular weight is 283 g/mol. The molecule has 1 aromatic carbocycles. The quantitative estimate of drug-likeness (QED) is 0.500. The molecule has 0 spiro atoms. The molecule has 108 valence electrons. The first-order valence-electron chi connectivity index (χ1n) is 6.86. The Morgan fingerprint density at radius 1 is 1.16 bits per heavy atom. The number of rotatable bonds is 11. The Balaban J connectivity index is 2.16. The van der Waals surface area contributed by atoms with Crippen LogP contribution in [-0.2, 0) is 16.0 Å². The molecule has 0 aromatic heterocycles. The monoisotopic (exact) mass is 283 g/mol. The molecule has 4 heteroatoms. The minimum atomic E-state index is 0.758. The van der Waals surface area contributed by atoms with Crippen LogP contribution in [0.2, 0.25) is 0 Å². The lowest BCUT2D eigenvalue weighted by Crippen LogP contribution is -2.18. The Hall–Kier alpha value is -0.550. The molecule has 3 nitrogen and oxygen atoms in total. The van der Waals surface area contributed by atoms with Gasteiger partial charge in [0, 0.05) is 44.1 Å². The highest BCUT2D eigenvalue weighted by Crippen LogP contribution is 2.19. The van der Waals surface area contributed by atoms with Gasteiger partial charge in [-0.1, -0.05) is 12.1 Å². The van der Waals surface area contributed by atoms with Gasteiger partial charge in [0.2, 0.25) is 0 Å². The minimum absolute atomic E-state index is 0.758. The van der Waals surface area contributed by atoms with E-state index in [-0.39, 0.29) is 0 Å². The van der Waals surface area contributed by atoms with E-state index in [1.54, 1.807) is 7.11 Å². The molecule has 1 N–H and O–H groups in total. The molecule has 0 saturated heterocycles. The second-order valence-corrected chi connectivity index (χ2v) is 5.38. The molecule has 0 amide bonds. The predicted octanol–water partition coefficient (Wildman–Crippen LogP) is 2.94. The summed E-state index contributed by atoms with van der Waals surface area (Å²) >= 11 is 1.89. The number of benzene rings is 1. The van der Waals surface area contributed by atoms with Crippen molar-refractivity contribution in [1.82, 2.24) is 5.32 Å². The Bertz CT molecular complexity index is 316. The van der Waals surface area contributed by atoms with Crippen molar-refractivity contribution in [2.24, 2.45) is 0 Å². The van der Waals surface area contributed by atoms with Gasteiger partial charge in [0.1, 0.15) is 0 Å². The Morgan fingerprint density at radius 3 is 2.63 bits per heavy atom. The molecule has 0 aliphatic carbocycles. The lowest BCUT2D eigenvalue weighted by molar-refractivity contribution is 0.149. The number of hydrogen-bond donors (Lipinski definition) is 1. The van der Waals surface area contributed by atoms with Gasteiger partial charge in [0.05, 0.1) is 6.61 Å². The fourth-order valence-electron chi connectivity index (χ4n) is 1.61. The Labute approximate surface area is 121 Å². The van der Waals surface area contributed by atoms with Crippen molar-refractivity contribution in [2.75, 3.05) is 39.2 Å². The van der Waals surface area contributed by atoms with Crippen LogP contribution in [-0.4, -0.2) is 39.2 Å². The van der Waals surface area contributed by atoms with Crippen molar-refractivity contribution < 1.29 is 9.47 Å². The lowest BCUT2D eigenvalue weighted by atomic mass is 10.2. The highest BCUT2D eigenvalue weighted by molar-refractivity contribution is 7.99. The molecule has 0 heterocycles. The molecule has 0 aliphatic heterocycles. The first-order valence-corrected chi connectivity index (χ1v) is 7.84. The van der Waals surface area contributed by atoms with Crippen molar-refractivity contribution in [3.05, 3.63) is 29.8 Å². The van der Waals surface area contributed by atoms with Crippen molar-refractivity contribution in [1.29, 1.82) is 0 Å². The van der Waals surface area contributed by atoms with E-state index in [0.29, 0.717) is 0 Å². The third kappa shape index (κ3) is 8.26. The van der Waals surface area contributed by atoms with E-state index in [2.05, 4.69) is 29.6 Å². The second kappa shape index (κ2) is 11.3. The fourth-order valence-corrected chi connectivity index (χ4v) is 2.43. The summed E-state index contributed by atoms with van der Waals surface area (Å²) in [5.74, 6) is 1.12. The van der Waals surface area contributed by atoms with Gasteiger partial charge >= 0.3 is 0 Å². The number of hydrogen-bond acceptors (Lipinski definition) is 4. The second-order valence-electron chi connectivity index (χ2n) is 4.21.